The lowest BCUT2D eigenvalue weighted by Crippen LogP contribution is -2.08. The Labute approximate surface area is 174 Å². The zero-order chi connectivity index (χ0) is 20.4. The Bertz CT molecular complexity index is 1220. The number of thioether (sulfide) groups is 1. The van der Waals surface area contributed by atoms with Gasteiger partial charge in [0.25, 0.3) is 5.56 Å². The van der Waals surface area contributed by atoms with Gasteiger partial charge in [-0.05, 0) is 35.9 Å². The summed E-state index contributed by atoms with van der Waals surface area (Å²) in [7, 11) is 3.23. The van der Waals surface area contributed by atoms with E-state index in [-0.39, 0.29) is 11.4 Å². The second kappa shape index (κ2) is 8.26. The molecule has 2 aromatic carbocycles. The van der Waals surface area contributed by atoms with Crippen molar-refractivity contribution >= 4 is 33.3 Å². The second-order valence-electron chi connectivity index (χ2n) is 6.17. The van der Waals surface area contributed by atoms with Crippen LogP contribution in [0.3, 0.4) is 0 Å². The van der Waals surface area contributed by atoms with Crippen LogP contribution in [0.2, 0.25) is 0 Å². The fraction of sp³-hybridized carbons (Fsp3) is 0.143. The number of aromatic nitrogens is 2. The summed E-state index contributed by atoms with van der Waals surface area (Å²) in [4.78, 5) is 20.8. The van der Waals surface area contributed by atoms with Gasteiger partial charge >= 0.3 is 0 Å². The van der Waals surface area contributed by atoms with Crippen molar-refractivity contribution in [1.29, 1.82) is 0 Å². The van der Waals surface area contributed by atoms with Gasteiger partial charge in [-0.25, -0.2) is 9.37 Å². The molecule has 0 saturated carbocycles. The van der Waals surface area contributed by atoms with Crippen LogP contribution < -0.4 is 15.0 Å². The van der Waals surface area contributed by atoms with Crippen LogP contribution in [0.4, 0.5) is 4.39 Å². The Balaban J connectivity index is 1.64. The average molecular weight is 429 g/mol. The number of halogens is 1. The van der Waals surface area contributed by atoms with E-state index in [2.05, 4.69) is 9.97 Å². The van der Waals surface area contributed by atoms with E-state index in [0.717, 1.165) is 28.2 Å². The van der Waals surface area contributed by atoms with Crippen LogP contribution in [0.25, 0.3) is 21.3 Å². The van der Waals surface area contributed by atoms with Gasteiger partial charge in [-0.15, -0.1) is 11.3 Å². The molecule has 0 bridgehead atoms. The van der Waals surface area contributed by atoms with Gasteiger partial charge in [-0.1, -0.05) is 23.9 Å². The number of fused-ring (bicyclic) bond motifs is 1. The molecule has 4 aromatic rings. The Kier molecular flexibility index (Phi) is 5.55. The molecule has 148 valence electrons. The molecule has 0 fully saturated rings. The van der Waals surface area contributed by atoms with Gasteiger partial charge in [0, 0.05) is 22.3 Å². The number of rotatable bonds is 6. The van der Waals surface area contributed by atoms with E-state index in [1.54, 1.807) is 26.4 Å². The van der Waals surface area contributed by atoms with E-state index < -0.39 is 0 Å². The molecular weight excluding hydrogens is 411 g/mol. The van der Waals surface area contributed by atoms with Crippen LogP contribution in [0, 0.1) is 5.82 Å². The van der Waals surface area contributed by atoms with Gasteiger partial charge in [-0.3, -0.25) is 4.79 Å². The Morgan fingerprint density at radius 2 is 1.93 bits per heavy atom. The molecule has 0 unspecified atom stereocenters. The number of thiophene rings is 1. The van der Waals surface area contributed by atoms with E-state index >= 15 is 0 Å². The molecule has 2 aromatic heterocycles. The molecule has 0 aliphatic carbocycles. The summed E-state index contributed by atoms with van der Waals surface area (Å²) < 4.78 is 23.9. The number of H-pyrrole nitrogens is 1. The minimum atomic E-state index is -0.313. The standard InChI is InChI=1S/C21H17FN2O3S2/c1-26-15-7-8-17(27-2)13(9-15)10-29-21-23-19(25)18-16(11-28-20(18)24-21)12-3-5-14(22)6-4-12/h3-9,11H,10H2,1-2H3,(H,23,24,25). The third-order valence-electron chi connectivity index (χ3n) is 4.43. The molecule has 4 rings (SSSR count). The number of hydrogen-bond acceptors (Lipinski definition) is 6. The number of nitrogens with one attached hydrogen (secondary N) is 1. The molecule has 0 radical (unpaired) electrons. The van der Waals surface area contributed by atoms with Gasteiger partial charge in [0.15, 0.2) is 5.16 Å². The molecule has 5 nitrogen and oxygen atoms in total. The van der Waals surface area contributed by atoms with E-state index in [1.165, 1.54) is 35.2 Å². The number of aromatic amines is 1. The normalized spacial score (nSPS) is 11.0. The number of nitrogens with zero attached hydrogens (tertiary/aromatic N) is 1. The monoisotopic (exact) mass is 428 g/mol. The summed E-state index contributed by atoms with van der Waals surface area (Å²) in [6, 6.07) is 11.7. The zero-order valence-corrected chi connectivity index (χ0v) is 17.3. The highest BCUT2D eigenvalue weighted by Crippen LogP contribution is 2.33. The first-order valence-corrected chi connectivity index (χ1v) is 10.6. The number of benzene rings is 2. The lowest BCUT2D eigenvalue weighted by atomic mass is 10.1. The molecule has 29 heavy (non-hydrogen) atoms. The summed E-state index contributed by atoms with van der Waals surface area (Å²) in [6.07, 6.45) is 0. The van der Waals surface area contributed by atoms with Crippen molar-refractivity contribution in [2.75, 3.05) is 14.2 Å². The van der Waals surface area contributed by atoms with Gasteiger partial charge in [0.05, 0.1) is 19.6 Å². The molecular formula is C21H17FN2O3S2. The number of methoxy groups -OCH3 is 2. The maximum atomic E-state index is 13.2. The predicted octanol–water partition coefficient (Wildman–Crippen LogP) is 5.10. The minimum Gasteiger partial charge on any atom is -0.497 e. The first-order chi connectivity index (χ1) is 14.1. The Morgan fingerprint density at radius 1 is 1.14 bits per heavy atom. The third-order valence-corrected chi connectivity index (χ3v) is 6.22. The first-order valence-electron chi connectivity index (χ1n) is 8.70. The van der Waals surface area contributed by atoms with Crippen LogP contribution in [0.5, 0.6) is 11.5 Å². The Hall–Kier alpha value is -2.84. The molecule has 0 saturated heterocycles. The molecule has 0 amide bonds. The van der Waals surface area contributed by atoms with Gasteiger partial charge < -0.3 is 14.5 Å². The zero-order valence-electron chi connectivity index (χ0n) is 15.7. The first kappa shape index (κ1) is 19.5. The van der Waals surface area contributed by atoms with Crippen molar-refractivity contribution in [2.45, 2.75) is 10.9 Å². The van der Waals surface area contributed by atoms with E-state index in [9.17, 15) is 9.18 Å². The maximum absolute atomic E-state index is 13.2. The lowest BCUT2D eigenvalue weighted by molar-refractivity contribution is 0.400. The highest BCUT2D eigenvalue weighted by Gasteiger charge is 2.14. The Morgan fingerprint density at radius 3 is 2.66 bits per heavy atom. The van der Waals surface area contributed by atoms with Crippen molar-refractivity contribution in [1.82, 2.24) is 9.97 Å². The third kappa shape index (κ3) is 3.99. The minimum absolute atomic E-state index is 0.212. The van der Waals surface area contributed by atoms with E-state index in [1.807, 2.05) is 23.6 Å². The quantitative estimate of drug-likeness (QED) is 0.342. The molecule has 0 aliphatic rings. The maximum Gasteiger partial charge on any atom is 0.260 e. The van der Waals surface area contributed by atoms with Crippen LogP contribution in [0.1, 0.15) is 5.56 Å². The van der Waals surface area contributed by atoms with Crippen molar-refractivity contribution < 1.29 is 13.9 Å². The molecule has 2 heterocycles. The predicted molar refractivity (Wildman–Crippen MR) is 115 cm³/mol. The molecule has 0 atom stereocenters. The fourth-order valence-corrected chi connectivity index (χ4v) is 4.82. The van der Waals surface area contributed by atoms with Crippen LogP contribution in [-0.4, -0.2) is 24.2 Å². The van der Waals surface area contributed by atoms with Crippen molar-refractivity contribution in [3.05, 3.63) is 69.6 Å². The molecule has 0 spiro atoms. The van der Waals surface area contributed by atoms with Crippen molar-refractivity contribution in [3.8, 4) is 22.6 Å². The summed E-state index contributed by atoms with van der Waals surface area (Å²) >= 11 is 2.81. The van der Waals surface area contributed by atoms with Crippen LogP contribution >= 0.6 is 23.1 Å². The SMILES string of the molecule is COc1ccc(OC)c(CSc2nc3scc(-c4ccc(F)cc4)c3c(=O)[nH]2)c1. The fourth-order valence-electron chi connectivity index (χ4n) is 2.98. The highest BCUT2D eigenvalue weighted by molar-refractivity contribution is 7.98. The summed E-state index contributed by atoms with van der Waals surface area (Å²) in [5, 5.41) is 2.92. The molecule has 0 aliphatic heterocycles. The van der Waals surface area contributed by atoms with Gasteiger partial charge in [0.1, 0.15) is 22.1 Å². The van der Waals surface area contributed by atoms with E-state index in [0.29, 0.717) is 21.1 Å². The lowest BCUT2D eigenvalue weighted by Gasteiger charge is -2.10. The van der Waals surface area contributed by atoms with Crippen molar-refractivity contribution in [2.24, 2.45) is 0 Å². The van der Waals surface area contributed by atoms with Crippen LogP contribution in [0.15, 0.2) is 57.8 Å². The summed E-state index contributed by atoms with van der Waals surface area (Å²) in [5.41, 5.74) is 2.27. The second-order valence-corrected chi connectivity index (χ2v) is 8.00. The van der Waals surface area contributed by atoms with Crippen LogP contribution in [-0.2, 0) is 5.75 Å². The topological polar surface area (TPSA) is 64.2 Å². The summed E-state index contributed by atoms with van der Waals surface area (Å²) in [5.74, 6) is 1.73. The number of ether oxygens (including phenoxy) is 2. The summed E-state index contributed by atoms with van der Waals surface area (Å²) in [6.45, 7) is 0. The van der Waals surface area contributed by atoms with Gasteiger partial charge in [0.2, 0.25) is 0 Å². The smallest absolute Gasteiger partial charge is 0.260 e. The molecule has 8 heteroatoms. The molecule has 1 N–H and O–H groups in total. The largest absolute Gasteiger partial charge is 0.497 e. The van der Waals surface area contributed by atoms with E-state index in [4.69, 9.17) is 9.47 Å². The highest BCUT2D eigenvalue weighted by atomic mass is 32.2. The number of hydrogen-bond donors (Lipinski definition) is 1. The van der Waals surface area contributed by atoms with Gasteiger partial charge in [-0.2, -0.15) is 0 Å². The van der Waals surface area contributed by atoms with Crippen molar-refractivity contribution in [3.63, 3.8) is 0 Å². The average Bonchev–Trinajstić information content (AvgIpc) is 3.17.